The number of rotatable bonds is 2. The van der Waals surface area contributed by atoms with E-state index in [1.165, 1.54) is 17.0 Å². The molecule has 1 aliphatic rings. The summed E-state index contributed by atoms with van der Waals surface area (Å²) >= 11 is 0. The Labute approximate surface area is 109 Å². The normalized spacial score (nSPS) is 22.5. The minimum absolute atomic E-state index is 0.140. The van der Waals surface area contributed by atoms with Crippen LogP contribution in [0, 0.1) is 11.7 Å². The fourth-order valence-corrected chi connectivity index (χ4v) is 2.41. The van der Waals surface area contributed by atoms with Gasteiger partial charge >= 0.3 is 5.97 Å². The van der Waals surface area contributed by atoms with Crippen LogP contribution < -0.4 is 5.73 Å². The molecule has 0 aliphatic carbocycles. The molecule has 1 heterocycles. The number of anilines is 1. The molecule has 0 spiro atoms. The Balaban J connectivity index is 2.31. The van der Waals surface area contributed by atoms with Crippen LogP contribution in [-0.4, -0.2) is 34.5 Å². The molecule has 5 nitrogen and oxygen atoms in total. The van der Waals surface area contributed by atoms with Crippen LogP contribution in [0.5, 0.6) is 0 Å². The van der Waals surface area contributed by atoms with Gasteiger partial charge in [0, 0.05) is 12.2 Å². The van der Waals surface area contributed by atoms with Crippen molar-refractivity contribution in [2.75, 3.05) is 12.3 Å². The fourth-order valence-electron chi connectivity index (χ4n) is 2.41. The highest BCUT2D eigenvalue weighted by Crippen LogP contribution is 2.26. The molecule has 1 fully saturated rings. The smallest absolute Gasteiger partial charge is 0.326 e. The van der Waals surface area contributed by atoms with E-state index in [4.69, 9.17) is 10.8 Å². The number of benzene rings is 1. The predicted molar refractivity (Wildman–Crippen MR) is 67.1 cm³/mol. The van der Waals surface area contributed by atoms with Gasteiger partial charge in [0.05, 0.1) is 5.56 Å². The average Bonchev–Trinajstić information content (AvgIpc) is 2.70. The summed E-state index contributed by atoms with van der Waals surface area (Å²) in [5.41, 5.74) is 5.50. The molecular weight excluding hydrogens is 251 g/mol. The second-order valence-electron chi connectivity index (χ2n) is 4.79. The molecule has 2 rings (SSSR count). The zero-order valence-electron chi connectivity index (χ0n) is 10.5. The van der Waals surface area contributed by atoms with E-state index in [9.17, 15) is 14.0 Å². The number of amides is 1. The highest BCUT2D eigenvalue weighted by Gasteiger charge is 2.40. The second-order valence-corrected chi connectivity index (χ2v) is 4.79. The standard InChI is InChI=1S/C13H15FN2O3/c1-7-4-5-16(11(7)13(18)19)12(17)9-3-2-8(15)6-10(9)14/h2-3,6-7,11H,4-5,15H2,1H3,(H,18,19). The minimum Gasteiger partial charge on any atom is -0.480 e. The number of halogens is 1. The van der Waals surface area contributed by atoms with E-state index in [0.717, 1.165) is 6.07 Å². The number of nitrogens with zero attached hydrogens (tertiary/aromatic N) is 1. The first-order valence-corrected chi connectivity index (χ1v) is 6.00. The summed E-state index contributed by atoms with van der Waals surface area (Å²) in [6.07, 6.45) is 0.597. The van der Waals surface area contributed by atoms with Gasteiger partial charge in [-0.05, 0) is 30.5 Å². The lowest BCUT2D eigenvalue weighted by Crippen LogP contribution is -2.43. The van der Waals surface area contributed by atoms with Crippen LogP contribution in [0.25, 0.3) is 0 Å². The molecule has 0 saturated carbocycles. The largest absolute Gasteiger partial charge is 0.480 e. The summed E-state index contributed by atoms with van der Waals surface area (Å²) in [6, 6.07) is 2.87. The van der Waals surface area contributed by atoms with Crippen LogP contribution in [0.3, 0.4) is 0 Å². The van der Waals surface area contributed by atoms with Crippen LogP contribution in [0.15, 0.2) is 18.2 Å². The van der Waals surface area contributed by atoms with Crippen molar-refractivity contribution in [2.24, 2.45) is 5.92 Å². The molecule has 6 heteroatoms. The first-order chi connectivity index (χ1) is 8.91. The number of hydrogen-bond donors (Lipinski definition) is 2. The summed E-state index contributed by atoms with van der Waals surface area (Å²) < 4.78 is 13.7. The lowest BCUT2D eigenvalue weighted by atomic mass is 10.0. The number of nitrogens with two attached hydrogens (primary N) is 1. The van der Waals surface area contributed by atoms with Gasteiger partial charge in [0.1, 0.15) is 11.9 Å². The topological polar surface area (TPSA) is 83.6 Å². The van der Waals surface area contributed by atoms with Gasteiger partial charge in [-0.1, -0.05) is 6.92 Å². The van der Waals surface area contributed by atoms with Crippen LogP contribution in [-0.2, 0) is 4.79 Å². The van der Waals surface area contributed by atoms with Crippen molar-refractivity contribution in [3.8, 4) is 0 Å². The summed E-state index contributed by atoms with van der Waals surface area (Å²) in [6.45, 7) is 2.09. The molecule has 2 atom stereocenters. The molecule has 2 unspecified atom stereocenters. The maximum Gasteiger partial charge on any atom is 0.326 e. The highest BCUT2D eigenvalue weighted by molar-refractivity contribution is 5.97. The van der Waals surface area contributed by atoms with Gasteiger partial charge in [-0.15, -0.1) is 0 Å². The number of nitrogen functional groups attached to an aromatic ring is 1. The SMILES string of the molecule is CC1CCN(C(=O)c2ccc(N)cc2F)C1C(=O)O. The van der Waals surface area contributed by atoms with Gasteiger partial charge in [0.25, 0.3) is 5.91 Å². The third kappa shape index (κ3) is 2.38. The van der Waals surface area contributed by atoms with Crippen LogP contribution in [0.4, 0.5) is 10.1 Å². The first kappa shape index (κ1) is 13.3. The predicted octanol–water partition coefficient (Wildman–Crippen LogP) is 1.34. The Bertz CT molecular complexity index is 533. The molecule has 1 amide bonds. The second kappa shape index (κ2) is 4.87. The molecule has 1 aromatic carbocycles. The molecule has 1 aromatic rings. The quantitative estimate of drug-likeness (QED) is 0.791. The molecule has 3 N–H and O–H groups in total. The molecular formula is C13H15FN2O3. The van der Waals surface area contributed by atoms with Crippen molar-refractivity contribution >= 4 is 17.6 Å². The monoisotopic (exact) mass is 266 g/mol. The summed E-state index contributed by atoms with van der Waals surface area (Å²) in [7, 11) is 0. The third-order valence-corrected chi connectivity index (χ3v) is 3.44. The number of carboxylic acids is 1. The lowest BCUT2D eigenvalue weighted by Gasteiger charge is -2.23. The highest BCUT2D eigenvalue weighted by atomic mass is 19.1. The van der Waals surface area contributed by atoms with E-state index in [0.29, 0.717) is 13.0 Å². The zero-order valence-corrected chi connectivity index (χ0v) is 10.5. The number of carbonyl (C=O) groups is 2. The maximum absolute atomic E-state index is 13.7. The van der Waals surface area contributed by atoms with Gasteiger partial charge in [-0.3, -0.25) is 4.79 Å². The summed E-state index contributed by atoms with van der Waals surface area (Å²) in [4.78, 5) is 24.6. The molecule has 0 aromatic heterocycles. The number of aliphatic carboxylic acids is 1. The van der Waals surface area contributed by atoms with Gasteiger partial charge in [-0.2, -0.15) is 0 Å². The van der Waals surface area contributed by atoms with E-state index >= 15 is 0 Å². The summed E-state index contributed by atoms with van der Waals surface area (Å²) in [5.74, 6) is -2.53. The Morgan fingerprint density at radius 1 is 1.47 bits per heavy atom. The van der Waals surface area contributed by atoms with Crippen LogP contribution >= 0.6 is 0 Å². The molecule has 1 aliphatic heterocycles. The Morgan fingerprint density at radius 2 is 2.16 bits per heavy atom. The van der Waals surface area contributed by atoms with Gasteiger partial charge in [-0.25, -0.2) is 9.18 Å². The van der Waals surface area contributed by atoms with E-state index in [1.807, 2.05) is 0 Å². The molecule has 1 saturated heterocycles. The first-order valence-electron chi connectivity index (χ1n) is 6.00. The van der Waals surface area contributed by atoms with E-state index in [2.05, 4.69) is 0 Å². The van der Waals surface area contributed by atoms with E-state index < -0.39 is 23.7 Å². The fraction of sp³-hybridized carbons (Fsp3) is 0.385. The van der Waals surface area contributed by atoms with Crippen molar-refractivity contribution < 1.29 is 19.1 Å². The zero-order chi connectivity index (χ0) is 14.2. The molecule has 0 bridgehead atoms. The van der Waals surface area contributed by atoms with Crippen LogP contribution in [0.1, 0.15) is 23.7 Å². The minimum atomic E-state index is -1.06. The average molecular weight is 266 g/mol. The van der Waals surface area contributed by atoms with Gasteiger partial charge in [0.15, 0.2) is 0 Å². The lowest BCUT2D eigenvalue weighted by molar-refractivity contribution is -0.142. The van der Waals surface area contributed by atoms with Crippen molar-refractivity contribution in [3.63, 3.8) is 0 Å². The Morgan fingerprint density at radius 3 is 2.74 bits per heavy atom. The van der Waals surface area contributed by atoms with Gasteiger partial charge < -0.3 is 15.7 Å². The number of carboxylic acid groups (broad SMARTS) is 1. The number of carbonyl (C=O) groups excluding carboxylic acids is 1. The molecule has 19 heavy (non-hydrogen) atoms. The van der Waals surface area contributed by atoms with Crippen molar-refractivity contribution in [2.45, 2.75) is 19.4 Å². The van der Waals surface area contributed by atoms with Crippen molar-refractivity contribution in [3.05, 3.63) is 29.6 Å². The van der Waals surface area contributed by atoms with E-state index in [-0.39, 0.29) is 17.2 Å². The number of likely N-dealkylation sites (tertiary alicyclic amines) is 1. The van der Waals surface area contributed by atoms with Crippen molar-refractivity contribution in [1.82, 2.24) is 4.90 Å². The Hall–Kier alpha value is -2.11. The van der Waals surface area contributed by atoms with Gasteiger partial charge in [0.2, 0.25) is 0 Å². The van der Waals surface area contributed by atoms with Crippen molar-refractivity contribution in [1.29, 1.82) is 0 Å². The Kier molecular flexibility index (Phi) is 3.42. The number of hydrogen-bond acceptors (Lipinski definition) is 3. The summed E-state index contributed by atoms with van der Waals surface area (Å²) in [5, 5.41) is 9.16. The van der Waals surface area contributed by atoms with Crippen LogP contribution in [0.2, 0.25) is 0 Å². The maximum atomic E-state index is 13.7. The van der Waals surface area contributed by atoms with E-state index in [1.54, 1.807) is 6.92 Å². The third-order valence-electron chi connectivity index (χ3n) is 3.44. The molecule has 102 valence electrons. The molecule has 0 radical (unpaired) electrons.